The molecule has 0 aromatic carbocycles. The Kier molecular flexibility index (Phi) is 2.31. The molecule has 0 fully saturated rings. The van der Waals surface area contributed by atoms with Crippen LogP contribution in [0.2, 0.25) is 0 Å². The van der Waals surface area contributed by atoms with Crippen LogP contribution in [0, 0.1) is 0 Å². The summed E-state index contributed by atoms with van der Waals surface area (Å²) in [7, 11) is -4.23. The van der Waals surface area contributed by atoms with Crippen LogP contribution in [-0.2, 0) is 10.1 Å². The molecule has 0 aliphatic heterocycles. The zero-order valence-electron chi connectivity index (χ0n) is 6.01. The fourth-order valence-electron chi connectivity index (χ4n) is 0.938. The number of hydrogen-bond donors (Lipinski definition) is 2. The van der Waals surface area contributed by atoms with Crippen molar-refractivity contribution in [3.63, 3.8) is 0 Å². The quantitative estimate of drug-likeness (QED) is 0.369. The summed E-state index contributed by atoms with van der Waals surface area (Å²) >= 11 is 5.62. The first-order valence-electron chi connectivity index (χ1n) is 3.14. The molecule has 0 saturated heterocycles. The Hall–Kier alpha value is -0.360. The molecule has 3 N–H and O–H groups in total. The van der Waals surface area contributed by atoms with E-state index in [1.54, 1.807) is 0 Å². The Labute approximate surface area is 75.5 Å². The molecule has 0 saturated carbocycles. The molecule has 0 bridgehead atoms. The normalized spacial score (nSPS) is 35.4. The fraction of sp³-hybridized carbons (Fsp3) is 0.333. The highest BCUT2D eigenvalue weighted by Crippen LogP contribution is 2.25. The average molecular weight is 210 g/mol. The number of allylic oxidation sites excluding steroid dienone is 2. The predicted molar refractivity (Wildman–Crippen MR) is 46.4 cm³/mol. The molecular formula is C6H8ClNO3S. The zero-order valence-corrected chi connectivity index (χ0v) is 7.59. The van der Waals surface area contributed by atoms with Gasteiger partial charge in [-0.1, -0.05) is 29.8 Å². The molecule has 2 unspecified atom stereocenters. The molecule has 2 atom stereocenters. The third-order valence-electron chi connectivity index (χ3n) is 1.51. The van der Waals surface area contributed by atoms with E-state index in [-0.39, 0.29) is 0 Å². The molecule has 0 spiro atoms. The van der Waals surface area contributed by atoms with Gasteiger partial charge in [0.25, 0.3) is 10.1 Å². The van der Waals surface area contributed by atoms with Crippen LogP contribution in [0.4, 0.5) is 0 Å². The molecule has 12 heavy (non-hydrogen) atoms. The maximum Gasteiger partial charge on any atom is 0.274 e. The minimum absolute atomic E-state index is 1.24. The van der Waals surface area contributed by atoms with Crippen LogP contribution in [0.15, 0.2) is 24.3 Å². The van der Waals surface area contributed by atoms with E-state index in [9.17, 15) is 8.42 Å². The monoisotopic (exact) mass is 209 g/mol. The largest absolute Gasteiger partial charge is 0.308 e. The lowest BCUT2D eigenvalue weighted by atomic mass is 10.1. The lowest BCUT2D eigenvalue weighted by Crippen LogP contribution is -2.47. The van der Waals surface area contributed by atoms with Crippen LogP contribution >= 0.6 is 11.6 Å². The first-order valence-corrected chi connectivity index (χ1v) is 5.02. The van der Waals surface area contributed by atoms with E-state index in [1.165, 1.54) is 24.3 Å². The SMILES string of the molecule is NC1(Cl)C=CC=CC1S(=O)(=O)O. The fourth-order valence-corrected chi connectivity index (χ4v) is 2.25. The summed E-state index contributed by atoms with van der Waals surface area (Å²) in [6.45, 7) is 0. The van der Waals surface area contributed by atoms with E-state index in [0.717, 1.165) is 0 Å². The van der Waals surface area contributed by atoms with E-state index in [4.69, 9.17) is 21.9 Å². The molecule has 1 aliphatic rings. The van der Waals surface area contributed by atoms with Crippen LogP contribution in [0.25, 0.3) is 0 Å². The Bertz CT molecular complexity index is 331. The number of nitrogens with two attached hydrogens (primary N) is 1. The van der Waals surface area contributed by atoms with E-state index in [0.29, 0.717) is 0 Å². The number of alkyl halides is 1. The minimum atomic E-state index is -4.23. The summed E-state index contributed by atoms with van der Waals surface area (Å²) in [5.41, 5.74) is 5.40. The van der Waals surface area contributed by atoms with Gasteiger partial charge in [0.05, 0.1) is 0 Å². The van der Waals surface area contributed by atoms with Crippen LogP contribution < -0.4 is 5.73 Å². The van der Waals surface area contributed by atoms with Gasteiger partial charge in [-0.05, 0) is 6.08 Å². The van der Waals surface area contributed by atoms with Gasteiger partial charge < -0.3 is 5.73 Å². The van der Waals surface area contributed by atoms with Crippen LogP contribution in [0.1, 0.15) is 0 Å². The number of rotatable bonds is 1. The van der Waals surface area contributed by atoms with Gasteiger partial charge in [0, 0.05) is 0 Å². The second-order valence-corrected chi connectivity index (χ2v) is 4.70. The van der Waals surface area contributed by atoms with Crippen molar-refractivity contribution in [2.24, 2.45) is 5.73 Å². The lowest BCUT2D eigenvalue weighted by Gasteiger charge is -2.25. The van der Waals surface area contributed by atoms with Crippen LogP contribution in [-0.4, -0.2) is 23.2 Å². The molecule has 1 aliphatic carbocycles. The lowest BCUT2D eigenvalue weighted by molar-refractivity contribution is 0.465. The molecule has 0 aromatic rings. The molecule has 0 aromatic heterocycles. The highest BCUT2D eigenvalue weighted by atomic mass is 35.5. The summed E-state index contributed by atoms with van der Waals surface area (Å²) in [6, 6.07) is 0. The van der Waals surface area contributed by atoms with Gasteiger partial charge in [0.15, 0.2) is 0 Å². The van der Waals surface area contributed by atoms with Gasteiger partial charge in [-0.2, -0.15) is 8.42 Å². The summed E-state index contributed by atoms with van der Waals surface area (Å²) in [4.78, 5) is -1.55. The van der Waals surface area contributed by atoms with Gasteiger partial charge in [-0.3, -0.25) is 4.55 Å². The predicted octanol–water partition coefficient (Wildman–Crippen LogP) is 0.263. The van der Waals surface area contributed by atoms with Crippen molar-refractivity contribution >= 4 is 21.7 Å². The van der Waals surface area contributed by atoms with Crippen molar-refractivity contribution in [2.75, 3.05) is 0 Å². The number of halogens is 1. The van der Waals surface area contributed by atoms with Gasteiger partial charge >= 0.3 is 0 Å². The second kappa shape index (κ2) is 2.85. The number of hydrogen-bond acceptors (Lipinski definition) is 3. The van der Waals surface area contributed by atoms with Gasteiger partial charge in [0.1, 0.15) is 10.2 Å². The van der Waals surface area contributed by atoms with Gasteiger partial charge in [0.2, 0.25) is 0 Å². The first kappa shape index (κ1) is 9.73. The van der Waals surface area contributed by atoms with E-state index in [2.05, 4.69) is 0 Å². The van der Waals surface area contributed by atoms with E-state index >= 15 is 0 Å². The molecule has 1 rings (SSSR count). The molecular weight excluding hydrogens is 202 g/mol. The standard InChI is InChI=1S/C6H8ClNO3S/c7-6(8)4-2-1-3-5(6)12(9,10)11/h1-5H,8H2,(H,9,10,11). The minimum Gasteiger partial charge on any atom is -0.308 e. The Morgan fingerprint density at radius 2 is 2.08 bits per heavy atom. The van der Waals surface area contributed by atoms with Gasteiger partial charge in [-0.15, -0.1) is 0 Å². The van der Waals surface area contributed by atoms with Crippen molar-refractivity contribution in [1.82, 2.24) is 0 Å². The Morgan fingerprint density at radius 1 is 1.50 bits per heavy atom. The van der Waals surface area contributed by atoms with Crippen molar-refractivity contribution in [3.8, 4) is 0 Å². The third kappa shape index (κ3) is 1.87. The summed E-state index contributed by atoms with van der Waals surface area (Å²) in [5.74, 6) is 0. The highest BCUT2D eigenvalue weighted by Gasteiger charge is 2.38. The molecule has 0 heterocycles. The highest BCUT2D eigenvalue weighted by molar-refractivity contribution is 7.86. The first-order chi connectivity index (χ1) is 5.34. The van der Waals surface area contributed by atoms with E-state index < -0.39 is 20.4 Å². The maximum absolute atomic E-state index is 10.7. The summed E-state index contributed by atoms with van der Waals surface area (Å²) in [6.07, 6.45) is 5.54. The zero-order chi connectivity index (χ0) is 9.41. The summed E-state index contributed by atoms with van der Waals surface area (Å²) in [5, 5.41) is -1.28. The van der Waals surface area contributed by atoms with Crippen molar-refractivity contribution in [1.29, 1.82) is 0 Å². The second-order valence-electron chi connectivity index (χ2n) is 2.51. The van der Waals surface area contributed by atoms with Gasteiger partial charge in [-0.25, -0.2) is 0 Å². The average Bonchev–Trinajstić information content (AvgIpc) is 1.83. The molecule has 6 heteroatoms. The van der Waals surface area contributed by atoms with E-state index in [1.807, 2.05) is 0 Å². The molecule has 0 amide bonds. The molecule has 4 nitrogen and oxygen atoms in total. The van der Waals surface area contributed by atoms with Crippen molar-refractivity contribution in [2.45, 2.75) is 10.2 Å². The smallest absolute Gasteiger partial charge is 0.274 e. The maximum atomic E-state index is 10.7. The molecule has 0 radical (unpaired) electrons. The van der Waals surface area contributed by atoms with Crippen LogP contribution in [0.3, 0.4) is 0 Å². The Morgan fingerprint density at radius 3 is 2.42 bits per heavy atom. The third-order valence-corrected chi connectivity index (χ3v) is 3.19. The topological polar surface area (TPSA) is 80.4 Å². The van der Waals surface area contributed by atoms with Crippen molar-refractivity contribution < 1.29 is 13.0 Å². The molecule has 68 valence electrons. The Balaban J connectivity index is 3.08. The summed E-state index contributed by atoms with van der Waals surface area (Å²) < 4.78 is 30.1. The van der Waals surface area contributed by atoms with Crippen molar-refractivity contribution in [3.05, 3.63) is 24.3 Å². The van der Waals surface area contributed by atoms with Crippen LogP contribution in [0.5, 0.6) is 0 Å².